The van der Waals surface area contributed by atoms with E-state index in [2.05, 4.69) is 0 Å². The summed E-state index contributed by atoms with van der Waals surface area (Å²) in [5.41, 5.74) is 1.06. The summed E-state index contributed by atoms with van der Waals surface area (Å²) in [6.07, 6.45) is -5.66. The van der Waals surface area contributed by atoms with E-state index < -0.39 is 31.0 Å². The highest BCUT2D eigenvalue weighted by Gasteiger charge is 2.40. The first-order valence-electron chi connectivity index (χ1n) is 6.28. The molecule has 2 unspecified atom stereocenters. The zero-order valence-corrected chi connectivity index (χ0v) is 11.1. The number of ether oxygens (including phenoxy) is 2. The van der Waals surface area contributed by atoms with Gasteiger partial charge in [-0.3, -0.25) is 0 Å². The maximum Gasteiger partial charge on any atom is 0.411 e. The van der Waals surface area contributed by atoms with Gasteiger partial charge in [0.05, 0.1) is 5.56 Å². The Hall–Kier alpha value is -1.56. The van der Waals surface area contributed by atoms with E-state index in [1.165, 1.54) is 0 Å². The first-order chi connectivity index (χ1) is 9.29. The third kappa shape index (κ3) is 3.12. The fourth-order valence-electron chi connectivity index (χ4n) is 2.35. The molecule has 2 rings (SSSR count). The summed E-state index contributed by atoms with van der Waals surface area (Å²) < 4.78 is 46.6. The van der Waals surface area contributed by atoms with Gasteiger partial charge in [-0.25, -0.2) is 4.79 Å². The number of hydrogen-bond acceptors (Lipinski definition) is 3. The molecular formula is C14H15F3O3. The maximum absolute atomic E-state index is 12.3. The molecule has 0 aromatic heterocycles. The number of esters is 1. The van der Waals surface area contributed by atoms with Gasteiger partial charge in [0.15, 0.2) is 0 Å². The number of hydrogen-bond donors (Lipinski definition) is 0. The van der Waals surface area contributed by atoms with Crippen LogP contribution in [-0.4, -0.2) is 25.0 Å². The van der Waals surface area contributed by atoms with E-state index in [1.54, 1.807) is 24.3 Å². The minimum atomic E-state index is -4.45. The number of alkyl halides is 3. The van der Waals surface area contributed by atoms with Crippen LogP contribution in [0.1, 0.15) is 35.7 Å². The Morgan fingerprint density at radius 2 is 1.95 bits per heavy atom. The van der Waals surface area contributed by atoms with Gasteiger partial charge < -0.3 is 9.47 Å². The van der Waals surface area contributed by atoms with Crippen LogP contribution >= 0.6 is 0 Å². The number of benzene rings is 1. The summed E-state index contributed by atoms with van der Waals surface area (Å²) in [6, 6.07) is 6.76. The van der Waals surface area contributed by atoms with Gasteiger partial charge in [-0.1, -0.05) is 32.0 Å². The molecule has 1 heterocycles. The highest BCUT2D eigenvalue weighted by Crippen LogP contribution is 2.37. The van der Waals surface area contributed by atoms with E-state index >= 15 is 0 Å². The summed E-state index contributed by atoms with van der Waals surface area (Å²) in [6.45, 7) is 2.27. The molecule has 0 fully saturated rings. The monoisotopic (exact) mass is 288 g/mol. The average Bonchev–Trinajstić information content (AvgIpc) is 2.35. The second kappa shape index (κ2) is 5.44. The first kappa shape index (κ1) is 14.8. The third-order valence-corrected chi connectivity index (χ3v) is 3.19. The van der Waals surface area contributed by atoms with E-state index in [-0.39, 0.29) is 5.92 Å². The lowest BCUT2D eigenvalue weighted by molar-refractivity contribution is -0.225. The molecule has 3 nitrogen and oxygen atoms in total. The molecule has 0 aliphatic carbocycles. The summed E-state index contributed by atoms with van der Waals surface area (Å²) in [5.74, 6) is -1.08. The van der Waals surface area contributed by atoms with E-state index in [9.17, 15) is 18.0 Å². The van der Waals surface area contributed by atoms with Crippen LogP contribution < -0.4 is 0 Å². The Balaban J connectivity index is 2.28. The van der Waals surface area contributed by atoms with Crippen LogP contribution in [0.4, 0.5) is 13.2 Å². The Labute approximate surface area is 114 Å². The molecule has 0 N–H and O–H groups in total. The van der Waals surface area contributed by atoms with Crippen LogP contribution in [0.25, 0.3) is 0 Å². The van der Waals surface area contributed by atoms with Gasteiger partial charge >= 0.3 is 12.1 Å². The third-order valence-electron chi connectivity index (χ3n) is 3.19. The van der Waals surface area contributed by atoms with Gasteiger partial charge in [0.25, 0.3) is 0 Å². The van der Waals surface area contributed by atoms with Crippen molar-refractivity contribution < 1.29 is 27.4 Å². The predicted molar refractivity (Wildman–Crippen MR) is 65.2 cm³/mol. The number of halogens is 3. The molecule has 1 aromatic carbocycles. The van der Waals surface area contributed by atoms with Crippen LogP contribution in [0.3, 0.4) is 0 Å². The van der Waals surface area contributed by atoms with Crippen molar-refractivity contribution in [1.82, 2.24) is 0 Å². The fourth-order valence-corrected chi connectivity index (χ4v) is 2.35. The van der Waals surface area contributed by atoms with Gasteiger partial charge in [-0.15, -0.1) is 0 Å². The molecule has 1 aromatic rings. The molecule has 20 heavy (non-hydrogen) atoms. The second-order valence-corrected chi connectivity index (χ2v) is 5.06. The molecule has 0 amide bonds. The summed E-state index contributed by atoms with van der Waals surface area (Å²) in [7, 11) is 0. The highest BCUT2D eigenvalue weighted by atomic mass is 19.4. The first-order valence-corrected chi connectivity index (χ1v) is 6.28. The van der Waals surface area contributed by atoms with Gasteiger partial charge in [-0.05, 0) is 17.5 Å². The van der Waals surface area contributed by atoms with Gasteiger partial charge in [0, 0.05) is 5.92 Å². The minimum absolute atomic E-state index is 0.0255. The molecule has 2 atom stereocenters. The lowest BCUT2D eigenvalue weighted by Gasteiger charge is -2.35. The number of fused-ring (bicyclic) bond motifs is 1. The lowest BCUT2D eigenvalue weighted by atomic mass is 9.83. The normalized spacial score (nSPS) is 22.6. The van der Waals surface area contributed by atoms with Crippen LogP contribution in [0.15, 0.2) is 24.3 Å². The van der Waals surface area contributed by atoms with Crippen LogP contribution in [0.2, 0.25) is 0 Å². The molecule has 0 radical (unpaired) electrons. The Bertz CT molecular complexity index is 497. The minimum Gasteiger partial charge on any atom is -0.431 e. The molecule has 6 heteroatoms. The van der Waals surface area contributed by atoms with Gasteiger partial charge in [-0.2, -0.15) is 13.2 Å². The van der Waals surface area contributed by atoms with Crippen molar-refractivity contribution in [2.45, 2.75) is 32.2 Å². The van der Waals surface area contributed by atoms with Crippen molar-refractivity contribution in [3.8, 4) is 0 Å². The van der Waals surface area contributed by atoms with Crippen molar-refractivity contribution in [1.29, 1.82) is 0 Å². The van der Waals surface area contributed by atoms with Crippen molar-refractivity contribution >= 4 is 5.97 Å². The highest BCUT2D eigenvalue weighted by molar-refractivity contribution is 5.92. The van der Waals surface area contributed by atoms with Crippen LogP contribution in [0.5, 0.6) is 0 Å². The predicted octanol–water partition coefficient (Wildman–Crippen LogP) is 3.50. The average molecular weight is 288 g/mol. The Morgan fingerprint density at radius 3 is 2.55 bits per heavy atom. The molecular weight excluding hydrogens is 273 g/mol. The zero-order valence-electron chi connectivity index (χ0n) is 11.1. The quantitative estimate of drug-likeness (QED) is 0.799. The van der Waals surface area contributed by atoms with Crippen molar-refractivity contribution in [2.75, 3.05) is 6.61 Å². The van der Waals surface area contributed by atoms with Crippen molar-refractivity contribution in [3.63, 3.8) is 0 Å². The van der Waals surface area contributed by atoms with Gasteiger partial charge in [0.2, 0.25) is 6.29 Å². The number of carbonyl (C=O) groups excluding carboxylic acids is 1. The maximum atomic E-state index is 12.3. The number of carbonyl (C=O) groups is 1. The largest absolute Gasteiger partial charge is 0.431 e. The lowest BCUT2D eigenvalue weighted by Crippen LogP contribution is -2.38. The Kier molecular flexibility index (Phi) is 4.04. The summed E-state index contributed by atoms with van der Waals surface area (Å²) >= 11 is 0. The Morgan fingerprint density at radius 1 is 1.30 bits per heavy atom. The topological polar surface area (TPSA) is 35.5 Å². The number of rotatable bonds is 3. The van der Waals surface area contributed by atoms with E-state index in [4.69, 9.17) is 9.47 Å². The smallest absolute Gasteiger partial charge is 0.411 e. The van der Waals surface area contributed by atoms with Crippen LogP contribution in [-0.2, 0) is 9.47 Å². The molecule has 1 aliphatic rings. The molecule has 110 valence electrons. The molecule has 1 aliphatic heterocycles. The zero-order chi connectivity index (χ0) is 14.9. The van der Waals surface area contributed by atoms with Crippen molar-refractivity contribution in [2.24, 2.45) is 5.92 Å². The van der Waals surface area contributed by atoms with E-state index in [0.29, 0.717) is 11.1 Å². The standard InChI is InChI=1S/C14H15F3O3/c1-8(2)11-9-5-3-4-6-10(9)12(18)20-13(11)19-7-14(15,16)17/h3-6,8,11,13H,7H2,1-2H3. The van der Waals surface area contributed by atoms with E-state index in [0.717, 1.165) is 0 Å². The SMILES string of the molecule is CC(C)C1c2ccccc2C(=O)OC1OCC(F)(F)F. The molecule has 0 saturated heterocycles. The summed E-state index contributed by atoms with van der Waals surface area (Å²) in [4.78, 5) is 11.8. The van der Waals surface area contributed by atoms with Gasteiger partial charge in [0.1, 0.15) is 6.61 Å². The van der Waals surface area contributed by atoms with E-state index in [1.807, 2.05) is 13.8 Å². The number of cyclic esters (lactones) is 1. The molecule has 0 saturated carbocycles. The molecule has 0 spiro atoms. The van der Waals surface area contributed by atoms with Crippen molar-refractivity contribution in [3.05, 3.63) is 35.4 Å². The molecule has 0 bridgehead atoms. The second-order valence-electron chi connectivity index (χ2n) is 5.06. The van der Waals surface area contributed by atoms with Crippen LogP contribution in [0, 0.1) is 5.92 Å². The summed E-state index contributed by atoms with van der Waals surface area (Å²) in [5, 5.41) is 0. The fraction of sp³-hybridized carbons (Fsp3) is 0.500.